The maximum Gasteiger partial charge on any atom is 0.265 e. The molecule has 1 aromatic carbocycles. The highest BCUT2D eigenvalue weighted by atomic mass is 16.5. The molecular formula is C14H21N3O2. The number of carbonyl (C=O) groups excluding carboxylic acids is 1. The van der Waals surface area contributed by atoms with Crippen LogP contribution in [0.2, 0.25) is 0 Å². The summed E-state index contributed by atoms with van der Waals surface area (Å²) in [6, 6.07) is 5.77. The Bertz CT molecular complexity index is 458. The van der Waals surface area contributed by atoms with Crippen molar-refractivity contribution in [3.63, 3.8) is 0 Å². The number of nitrogens with two attached hydrogens (primary N) is 1. The van der Waals surface area contributed by atoms with Gasteiger partial charge in [-0.05, 0) is 30.7 Å². The lowest BCUT2D eigenvalue weighted by molar-refractivity contribution is -0.121. The number of benzene rings is 1. The normalized spacial score (nSPS) is 15.7. The van der Waals surface area contributed by atoms with Crippen molar-refractivity contribution in [3.05, 3.63) is 18.2 Å². The molecular weight excluding hydrogens is 242 g/mol. The zero-order chi connectivity index (χ0) is 13.8. The van der Waals surface area contributed by atoms with Crippen LogP contribution in [0.15, 0.2) is 18.2 Å². The first kappa shape index (κ1) is 13.7. The molecule has 1 amide bonds. The average Bonchev–Trinajstić information content (AvgIpc) is 2.46. The molecule has 19 heavy (non-hydrogen) atoms. The van der Waals surface area contributed by atoms with E-state index in [2.05, 4.69) is 12.2 Å². The van der Waals surface area contributed by atoms with Crippen molar-refractivity contribution in [1.82, 2.24) is 0 Å². The third-order valence-electron chi connectivity index (χ3n) is 3.54. The van der Waals surface area contributed by atoms with E-state index < -0.39 is 0 Å². The van der Waals surface area contributed by atoms with Gasteiger partial charge in [0.15, 0.2) is 6.61 Å². The molecule has 1 aromatic rings. The SMILES string of the molecule is CCC(CN)CN1C(=O)COc2ccc(NC)cc21. The van der Waals surface area contributed by atoms with Gasteiger partial charge in [0.05, 0.1) is 5.69 Å². The fourth-order valence-electron chi connectivity index (χ4n) is 2.19. The zero-order valence-corrected chi connectivity index (χ0v) is 11.5. The number of rotatable bonds is 5. The summed E-state index contributed by atoms with van der Waals surface area (Å²) in [7, 11) is 1.85. The van der Waals surface area contributed by atoms with Crippen molar-refractivity contribution in [2.24, 2.45) is 11.7 Å². The van der Waals surface area contributed by atoms with E-state index in [1.165, 1.54) is 0 Å². The van der Waals surface area contributed by atoms with Gasteiger partial charge in [-0.25, -0.2) is 0 Å². The van der Waals surface area contributed by atoms with Crippen molar-refractivity contribution in [1.29, 1.82) is 0 Å². The Balaban J connectivity index is 2.30. The van der Waals surface area contributed by atoms with Crippen LogP contribution < -0.4 is 20.7 Å². The van der Waals surface area contributed by atoms with Gasteiger partial charge in [0.25, 0.3) is 5.91 Å². The summed E-state index contributed by atoms with van der Waals surface area (Å²) >= 11 is 0. The van der Waals surface area contributed by atoms with Crippen LogP contribution in [-0.4, -0.2) is 32.7 Å². The molecule has 5 heteroatoms. The molecule has 1 atom stereocenters. The van der Waals surface area contributed by atoms with Gasteiger partial charge in [0.1, 0.15) is 5.75 Å². The monoisotopic (exact) mass is 263 g/mol. The van der Waals surface area contributed by atoms with Crippen LogP contribution >= 0.6 is 0 Å². The van der Waals surface area contributed by atoms with E-state index in [0.29, 0.717) is 19.0 Å². The highest BCUT2D eigenvalue weighted by Gasteiger charge is 2.27. The summed E-state index contributed by atoms with van der Waals surface area (Å²) in [5.74, 6) is 1.06. The third-order valence-corrected chi connectivity index (χ3v) is 3.54. The molecule has 104 valence electrons. The van der Waals surface area contributed by atoms with E-state index in [-0.39, 0.29) is 12.5 Å². The fourth-order valence-corrected chi connectivity index (χ4v) is 2.19. The number of carbonyl (C=O) groups is 1. The standard InChI is InChI=1S/C14H21N3O2/c1-3-10(7-15)8-17-12-6-11(16-2)4-5-13(12)19-9-14(17)18/h4-6,10,16H,3,7-9,15H2,1-2H3. The van der Waals surface area contributed by atoms with Crippen LogP contribution in [-0.2, 0) is 4.79 Å². The summed E-state index contributed by atoms with van der Waals surface area (Å²) in [4.78, 5) is 13.9. The number of fused-ring (bicyclic) bond motifs is 1. The molecule has 1 heterocycles. The summed E-state index contributed by atoms with van der Waals surface area (Å²) < 4.78 is 5.46. The van der Waals surface area contributed by atoms with Crippen LogP contribution in [0.5, 0.6) is 5.75 Å². The Labute approximate surface area is 113 Å². The first-order chi connectivity index (χ1) is 9.19. The smallest absolute Gasteiger partial charge is 0.265 e. The molecule has 0 bridgehead atoms. The minimum atomic E-state index is -0.00680. The number of ether oxygens (including phenoxy) is 1. The van der Waals surface area contributed by atoms with Gasteiger partial charge >= 0.3 is 0 Å². The molecule has 0 spiro atoms. The number of hydrogen-bond acceptors (Lipinski definition) is 4. The maximum atomic E-state index is 12.1. The van der Waals surface area contributed by atoms with Crippen molar-refractivity contribution in [2.75, 3.05) is 37.0 Å². The molecule has 2 rings (SSSR count). The average molecular weight is 263 g/mol. The van der Waals surface area contributed by atoms with Crippen molar-refractivity contribution in [3.8, 4) is 5.75 Å². The van der Waals surface area contributed by atoms with Gasteiger partial charge in [-0.3, -0.25) is 4.79 Å². The number of amides is 1. The van der Waals surface area contributed by atoms with Gasteiger partial charge in [-0.2, -0.15) is 0 Å². The van der Waals surface area contributed by atoms with Crippen molar-refractivity contribution < 1.29 is 9.53 Å². The molecule has 3 N–H and O–H groups in total. The van der Waals surface area contributed by atoms with E-state index in [9.17, 15) is 4.79 Å². The maximum absolute atomic E-state index is 12.1. The second-order valence-electron chi connectivity index (χ2n) is 4.74. The van der Waals surface area contributed by atoms with E-state index >= 15 is 0 Å². The number of nitrogens with one attached hydrogen (secondary N) is 1. The molecule has 1 aliphatic heterocycles. The molecule has 0 saturated carbocycles. The number of anilines is 2. The molecule has 0 fully saturated rings. The molecule has 0 radical (unpaired) electrons. The molecule has 1 aliphatic rings. The van der Waals surface area contributed by atoms with Crippen LogP contribution in [0.1, 0.15) is 13.3 Å². The lowest BCUT2D eigenvalue weighted by Gasteiger charge is -2.32. The minimum Gasteiger partial charge on any atom is -0.482 e. The summed E-state index contributed by atoms with van der Waals surface area (Å²) in [5, 5.41) is 3.08. The minimum absolute atomic E-state index is 0.00680. The van der Waals surface area contributed by atoms with Crippen LogP contribution in [0.3, 0.4) is 0 Å². The molecule has 5 nitrogen and oxygen atoms in total. The van der Waals surface area contributed by atoms with E-state index in [0.717, 1.165) is 23.5 Å². The second-order valence-corrected chi connectivity index (χ2v) is 4.74. The van der Waals surface area contributed by atoms with Crippen molar-refractivity contribution in [2.45, 2.75) is 13.3 Å². The predicted molar refractivity (Wildman–Crippen MR) is 76.7 cm³/mol. The highest BCUT2D eigenvalue weighted by molar-refractivity contribution is 5.98. The summed E-state index contributed by atoms with van der Waals surface area (Å²) in [5.41, 5.74) is 7.53. The summed E-state index contributed by atoms with van der Waals surface area (Å²) in [6.07, 6.45) is 0.961. The third kappa shape index (κ3) is 2.81. The van der Waals surface area contributed by atoms with Gasteiger partial charge in [0, 0.05) is 19.3 Å². The van der Waals surface area contributed by atoms with Crippen LogP contribution in [0.25, 0.3) is 0 Å². The molecule has 1 unspecified atom stereocenters. The van der Waals surface area contributed by atoms with Gasteiger partial charge in [-0.1, -0.05) is 13.3 Å². The van der Waals surface area contributed by atoms with Gasteiger partial charge < -0.3 is 20.7 Å². The Morgan fingerprint density at radius 1 is 1.53 bits per heavy atom. The fraction of sp³-hybridized carbons (Fsp3) is 0.500. The van der Waals surface area contributed by atoms with Gasteiger partial charge in [0.2, 0.25) is 0 Å². The lowest BCUT2D eigenvalue weighted by Crippen LogP contribution is -2.43. The molecule has 0 aliphatic carbocycles. The Kier molecular flexibility index (Phi) is 4.27. The predicted octanol–water partition coefficient (Wildman–Crippen LogP) is 1.44. The van der Waals surface area contributed by atoms with E-state index in [1.54, 1.807) is 4.90 Å². The number of nitrogens with zero attached hydrogens (tertiary/aromatic N) is 1. The van der Waals surface area contributed by atoms with Crippen LogP contribution in [0.4, 0.5) is 11.4 Å². The zero-order valence-electron chi connectivity index (χ0n) is 11.5. The Hall–Kier alpha value is -1.75. The van der Waals surface area contributed by atoms with Crippen LogP contribution in [0, 0.1) is 5.92 Å². The second kappa shape index (κ2) is 5.93. The molecule has 0 saturated heterocycles. The Morgan fingerprint density at radius 2 is 2.32 bits per heavy atom. The quantitative estimate of drug-likeness (QED) is 0.843. The summed E-state index contributed by atoms with van der Waals surface area (Å²) in [6.45, 7) is 3.43. The molecule has 0 aromatic heterocycles. The number of hydrogen-bond donors (Lipinski definition) is 2. The highest BCUT2D eigenvalue weighted by Crippen LogP contribution is 2.35. The topological polar surface area (TPSA) is 67.6 Å². The largest absolute Gasteiger partial charge is 0.482 e. The lowest BCUT2D eigenvalue weighted by atomic mass is 10.1. The van der Waals surface area contributed by atoms with Crippen molar-refractivity contribution >= 4 is 17.3 Å². The van der Waals surface area contributed by atoms with Gasteiger partial charge in [-0.15, -0.1) is 0 Å². The first-order valence-electron chi connectivity index (χ1n) is 6.64. The Morgan fingerprint density at radius 3 is 2.95 bits per heavy atom. The van der Waals surface area contributed by atoms with E-state index in [1.807, 2.05) is 25.2 Å². The first-order valence-corrected chi connectivity index (χ1v) is 6.64. The van der Waals surface area contributed by atoms with E-state index in [4.69, 9.17) is 10.5 Å².